The predicted octanol–water partition coefficient (Wildman–Crippen LogP) is 4.27. The zero-order chi connectivity index (χ0) is 19.9. The van der Waals surface area contributed by atoms with Gasteiger partial charge in [0.25, 0.3) is 0 Å². The minimum Gasteiger partial charge on any atom is -0.321 e. The maximum Gasteiger partial charge on any atom is 0.230 e. The molecule has 1 fully saturated rings. The highest BCUT2D eigenvalue weighted by Gasteiger charge is 2.22. The van der Waals surface area contributed by atoms with Crippen LogP contribution in [0.3, 0.4) is 0 Å². The molecule has 0 atom stereocenters. The van der Waals surface area contributed by atoms with Crippen LogP contribution in [0.2, 0.25) is 0 Å². The number of pyridine rings is 2. The monoisotopic (exact) mass is 399 g/mol. The van der Waals surface area contributed by atoms with E-state index in [9.17, 15) is 0 Å². The normalized spacial score (nSPS) is 17.3. The number of nitrogens with zero attached hydrogens (tertiary/aromatic N) is 5. The van der Waals surface area contributed by atoms with E-state index in [-0.39, 0.29) is 0 Å². The highest BCUT2D eigenvalue weighted by molar-refractivity contribution is 6.06. The Bertz CT molecular complexity index is 1220. The van der Waals surface area contributed by atoms with Gasteiger partial charge in [-0.25, -0.2) is 9.97 Å². The van der Waals surface area contributed by atoms with Crippen molar-refractivity contribution < 1.29 is 0 Å². The Morgan fingerprint density at radius 2 is 1.93 bits per heavy atom. The van der Waals surface area contributed by atoms with Crippen LogP contribution >= 0.6 is 0 Å². The molecule has 7 heteroatoms. The molecule has 1 aliphatic heterocycles. The summed E-state index contributed by atoms with van der Waals surface area (Å²) in [7, 11) is 0. The van der Waals surface area contributed by atoms with Crippen molar-refractivity contribution in [1.29, 1.82) is 0 Å². The molecule has 1 aliphatic carbocycles. The fourth-order valence-corrected chi connectivity index (χ4v) is 4.96. The molecule has 7 nitrogen and oxygen atoms in total. The Hall–Kier alpha value is -3.06. The number of nitrogens with one attached hydrogen (secondary N) is 2. The average molecular weight is 400 g/mol. The van der Waals surface area contributed by atoms with E-state index in [2.05, 4.69) is 37.3 Å². The Morgan fingerprint density at radius 3 is 2.87 bits per heavy atom. The van der Waals surface area contributed by atoms with E-state index in [1.54, 1.807) is 0 Å². The lowest BCUT2D eigenvalue weighted by Crippen LogP contribution is -2.24. The van der Waals surface area contributed by atoms with Gasteiger partial charge in [0.1, 0.15) is 11.5 Å². The SMILES string of the molecule is c1cc2c3cnc(Nc4ccc5c(n4)CCNC5)nc3n(C3CCCCC3)c2cn1. The van der Waals surface area contributed by atoms with Crippen molar-refractivity contribution in [2.75, 3.05) is 11.9 Å². The fourth-order valence-electron chi connectivity index (χ4n) is 4.96. The standard InChI is InChI=1S/C23H25N7/c1-2-4-16(5-3-1)30-20-14-25-10-8-17(20)18-13-26-23(29-22(18)30)28-21-7-6-15-12-24-11-9-19(15)27-21/h6-8,10,13-14,16,24H,1-5,9,11-12H2,(H,26,27,28,29). The minimum absolute atomic E-state index is 0.472. The van der Waals surface area contributed by atoms with Gasteiger partial charge in [0.05, 0.1) is 11.7 Å². The lowest BCUT2D eigenvalue weighted by Gasteiger charge is -2.24. The molecule has 2 aliphatic rings. The van der Waals surface area contributed by atoms with Gasteiger partial charge in [0.15, 0.2) is 0 Å². The van der Waals surface area contributed by atoms with Gasteiger partial charge in [-0.15, -0.1) is 0 Å². The van der Waals surface area contributed by atoms with Gasteiger partial charge in [-0.3, -0.25) is 4.98 Å². The molecule has 4 aromatic heterocycles. The molecule has 6 rings (SSSR count). The van der Waals surface area contributed by atoms with Crippen molar-refractivity contribution >= 4 is 33.7 Å². The maximum atomic E-state index is 4.96. The maximum absolute atomic E-state index is 4.96. The van der Waals surface area contributed by atoms with Crippen molar-refractivity contribution in [3.05, 3.63) is 48.0 Å². The molecular weight excluding hydrogens is 374 g/mol. The number of fused-ring (bicyclic) bond motifs is 4. The van der Waals surface area contributed by atoms with Crippen LogP contribution in [-0.4, -0.2) is 31.0 Å². The second kappa shape index (κ2) is 7.32. The number of hydrogen-bond acceptors (Lipinski definition) is 6. The largest absolute Gasteiger partial charge is 0.321 e. The summed E-state index contributed by atoms with van der Waals surface area (Å²) >= 11 is 0. The lowest BCUT2D eigenvalue weighted by atomic mass is 9.95. The highest BCUT2D eigenvalue weighted by atomic mass is 15.2. The highest BCUT2D eigenvalue weighted by Crippen LogP contribution is 2.36. The molecule has 0 unspecified atom stereocenters. The summed E-state index contributed by atoms with van der Waals surface area (Å²) in [5, 5.41) is 8.99. The molecule has 0 amide bonds. The van der Waals surface area contributed by atoms with Gasteiger partial charge in [0, 0.05) is 54.4 Å². The van der Waals surface area contributed by atoms with Gasteiger partial charge in [-0.1, -0.05) is 25.3 Å². The fraction of sp³-hybridized carbons (Fsp3) is 0.391. The average Bonchev–Trinajstić information content (AvgIpc) is 3.13. The van der Waals surface area contributed by atoms with E-state index in [1.165, 1.54) is 43.1 Å². The first-order chi connectivity index (χ1) is 14.9. The number of hydrogen-bond donors (Lipinski definition) is 2. The summed E-state index contributed by atoms with van der Waals surface area (Å²) in [5.74, 6) is 1.40. The van der Waals surface area contributed by atoms with Gasteiger partial charge < -0.3 is 15.2 Å². The first-order valence-corrected chi connectivity index (χ1v) is 10.9. The van der Waals surface area contributed by atoms with E-state index in [0.29, 0.717) is 12.0 Å². The van der Waals surface area contributed by atoms with Gasteiger partial charge in [-0.2, -0.15) is 4.98 Å². The molecule has 4 aromatic rings. The second-order valence-corrected chi connectivity index (χ2v) is 8.34. The zero-order valence-electron chi connectivity index (χ0n) is 16.9. The summed E-state index contributed by atoms with van der Waals surface area (Å²) < 4.78 is 2.40. The van der Waals surface area contributed by atoms with Gasteiger partial charge in [-0.05, 0) is 30.5 Å². The first kappa shape index (κ1) is 17.8. The number of anilines is 2. The van der Waals surface area contributed by atoms with Crippen LogP contribution < -0.4 is 10.6 Å². The second-order valence-electron chi connectivity index (χ2n) is 8.34. The van der Waals surface area contributed by atoms with Gasteiger partial charge >= 0.3 is 0 Å². The van der Waals surface area contributed by atoms with E-state index in [0.717, 1.165) is 47.6 Å². The summed E-state index contributed by atoms with van der Waals surface area (Å²) in [6.07, 6.45) is 13.0. The van der Waals surface area contributed by atoms with E-state index in [1.807, 2.05) is 24.7 Å². The quantitative estimate of drug-likeness (QED) is 0.536. The van der Waals surface area contributed by atoms with Crippen LogP contribution in [0.4, 0.5) is 11.8 Å². The van der Waals surface area contributed by atoms with E-state index < -0.39 is 0 Å². The predicted molar refractivity (Wildman–Crippen MR) is 118 cm³/mol. The summed E-state index contributed by atoms with van der Waals surface area (Å²) in [6.45, 7) is 1.86. The molecule has 0 spiro atoms. The van der Waals surface area contributed by atoms with Crippen LogP contribution in [0.5, 0.6) is 0 Å². The van der Waals surface area contributed by atoms with Crippen molar-refractivity contribution in [2.24, 2.45) is 0 Å². The molecule has 0 aromatic carbocycles. The smallest absolute Gasteiger partial charge is 0.230 e. The Kier molecular flexibility index (Phi) is 4.34. The summed E-state index contributed by atoms with van der Waals surface area (Å²) in [6, 6.07) is 6.70. The van der Waals surface area contributed by atoms with Crippen LogP contribution in [0.1, 0.15) is 49.4 Å². The third-order valence-corrected chi connectivity index (χ3v) is 6.45. The van der Waals surface area contributed by atoms with Crippen molar-refractivity contribution in [1.82, 2.24) is 29.8 Å². The first-order valence-electron chi connectivity index (χ1n) is 10.9. The number of aromatic nitrogens is 5. The van der Waals surface area contributed by atoms with E-state index in [4.69, 9.17) is 9.97 Å². The third-order valence-electron chi connectivity index (χ3n) is 6.45. The Balaban J connectivity index is 1.43. The zero-order valence-corrected chi connectivity index (χ0v) is 16.9. The number of rotatable bonds is 3. The summed E-state index contributed by atoms with van der Waals surface area (Å²) in [5.41, 5.74) is 4.57. The van der Waals surface area contributed by atoms with Crippen molar-refractivity contribution in [2.45, 2.75) is 51.1 Å². The van der Waals surface area contributed by atoms with Crippen LogP contribution in [-0.2, 0) is 13.0 Å². The Labute approximate surface area is 175 Å². The van der Waals surface area contributed by atoms with E-state index >= 15 is 0 Å². The Morgan fingerprint density at radius 1 is 1.00 bits per heavy atom. The van der Waals surface area contributed by atoms with Crippen LogP contribution in [0, 0.1) is 0 Å². The molecule has 0 radical (unpaired) electrons. The lowest BCUT2D eigenvalue weighted by molar-refractivity contribution is 0.366. The molecule has 0 saturated heterocycles. The molecule has 5 heterocycles. The molecule has 152 valence electrons. The third kappa shape index (κ3) is 3.01. The molecule has 30 heavy (non-hydrogen) atoms. The van der Waals surface area contributed by atoms with Crippen LogP contribution in [0.25, 0.3) is 21.9 Å². The summed E-state index contributed by atoms with van der Waals surface area (Å²) in [4.78, 5) is 18.8. The van der Waals surface area contributed by atoms with Gasteiger partial charge in [0.2, 0.25) is 5.95 Å². The van der Waals surface area contributed by atoms with Crippen molar-refractivity contribution in [3.8, 4) is 0 Å². The molecular formula is C23H25N7. The topological polar surface area (TPSA) is 80.5 Å². The molecule has 1 saturated carbocycles. The minimum atomic E-state index is 0.472. The molecule has 2 N–H and O–H groups in total. The molecule has 0 bridgehead atoms. The van der Waals surface area contributed by atoms with Crippen LogP contribution in [0.15, 0.2) is 36.8 Å². The van der Waals surface area contributed by atoms with Crippen molar-refractivity contribution in [3.63, 3.8) is 0 Å².